The zero-order valence-electron chi connectivity index (χ0n) is 9.53. The molecule has 17 heavy (non-hydrogen) atoms. The van der Waals surface area contributed by atoms with Gasteiger partial charge >= 0.3 is 0 Å². The van der Waals surface area contributed by atoms with Crippen LogP contribution in [0.25, 0.3) is 0 Å². The van der Waals surface area contributed by atoms with Crippen LogP contribution in [0.15, 0.2) is 24.3 Å². The molecule has 3 nitrogen and oxygen atoms in total. The molecule has 4 heteroatoms. The summed E-state index contributed by atoms with van der Waals surface area (Å²) in [5.41, 5.74) is 6.10. The molecular formula is C13H15FN2O. The van der Waals surface area contributed by atoms with Crippen LogP contribution in [-0.2, 0) is 0 Å². The van der Waals surface area contributed by atoms with Gasteiger partial charge in [-0.05, 0) is 30.9 Å². The monoisotopic (exact) mass is 234 g/mol. The second-order valence-corrected chi connectivity index (χ2v) is 5.15. The minimum absolute atomic E-state index is 0.144. The first-order chi connectivity index (χ1) is 8.10. The zero-order chi connectivity index (χ0) is 12.0. The molecule has 0 radical (unpaired) electrons. The van der Waals surface area contributed by atoms with E-state index in [1.54, 1.807) is 17.0 Å². The molecule has 2 N–H and O–H groups in total. The van der Waals surface area contributed by atoms with E-state index in [1.807, 2.05) is 0 Å². The number of nitrogens with zero attached hydrogens (tertiary/aromatic N) is 1. The van der Waals surface area contributed by atoms with E-state index >= 15 is 0 Å². The lowest BCUT2D eigenvalue weighted by Gasteiger charge is -2.48. The fourth-order valence-corrected chi connectivity index (χ4v) is 2.53. The van der Waals surface area contributed by atoms with Crippen LogP contribution in [0.4, 0.5) is 4.39 Å². The molecule has 1 heterocycles. The molecule has 1 aromatic rings. The number of hydrogen-bond donors (Lipinski definition) is 1. The van der Waals surface area contributed by atoms with Gasteiger partial charge in [-0.2, -0.15) is 0 Å². The van der Waals surface area contributed by atoms with E-state index in [9.17, 15) is 9.18 Å². The molecule has 0 unspecified atom stereocenters. The quantitative estimate of drug-likeness (QED) is 0.840. The van der Waals surface area contributed by atoms with Crippen molar-refractivity contribution < 1.29 is 9.18 Å². The lowest BCUT2D eigenvalue weighted by atomic mass is 9.85. The molecule has 0 aromatic heterocycles. The van der Waals surface area contributed by atoms with Gasteiger partial charge in [-0.1, -0.05) is 12.1 Å². The molecule has 3 rings (SSSR count). The Kier molecular flexibility index (Phi) is 2.23. The van der Waals surface area contributed by atoms with Crippen LogP contribution in [-0.4, -0.2) is 29.4 Å². The van der Waals surface area contributed by atoms with E-state index in [0.717, 1.165) is 12.8 Å². The van der Waals surface area contributed by atoms with Gasteiger partial charge in [-0.15, -0.1) is 0 Å². The lowest BCUT2D eigenvalue weighted by Crippen LogP contribution is -2.69. The molecule has 2 aliphatic rings. The molecular weight excluding hydrogens is 219 g/mol. The molecule has 0 spiro atoms. The highest BCUT2D eigenvalue weighted by atomic mass is 19.1. The maximum Gasteiger partial charge on any atom is 0.256 e. The number of carbonyl (C=O) groups excluding carboxylic acids is 1. The Morgan fingerprint density at radius 2 is 2.00 bits per heavy atom. The zero-order valence-corrected chi connectivity index (χ0v) is 9.53. The molecule has 1 aliphatic heterocycles. The van der Waals surface area contributed by atoms with Crippen LogP contribution < -0.4 is 5.73 Å². The number of hydrogen-bond acceptors (Lipinski definition) is 2. The van der Waals surface area contributed by atoms with Crippen LogP contribution in [0.2, 0.25) is 0 Å². The summed E-state index contributed by atoms with van der Waals surface area (Å²) >= 11 is 0. The summed E-state index contributed by atoms with van der Waals surface area (Å²) in [6.45, 7) is 1.12. The average Bonchev–Trinajstić information content (AvgIpc) is 3.08. The van der Waals surface area contributed by atoms with E-state index in [2.05, 4.69) is 0 Å². The highest BCUT2D eigenvalue weighted by molar-refractivity contribution is 5.95. The molecule has 0 bridgehead atoms. The van der Waals surface area contributed by atoms with Crippen LogP contribution in [0.3, 0.4) is 0 Å². The second-order valence-electron chi connectivity index (χ2n) is 5.15. The smallest absolute Gasteiger partial charge is 0.256 e. The van der Waals surface area contributed by atoms with Gasteiger partial charge in [-0.25, -0.2) is 4.39 Å². The molecule has 1 aromatic carbocycles. The van der Waals surface area contributed by atoms with E-state index in [1.165, 1.54) is 12.1 Å². The third-order valence-corrected chi connectivity index (χ3v) is 3.75. The second kappa shape index (κ2) is 3.53. The number of nitrogens with two attached hydrogens (primary N) is 1. The minimum atomic E-state index is -0.460. The fourth-order valence-electron chi connectivity index (χ4n) is 2.53. The van der Waals surface area contributed by atoms with Gasteiger partial charge in [0.15, 0.2) is 0 Å². The topological polar surface area (TPSA) is 46.3 Å². The molecule has 1 saturated heterocycles. The van der Waals surface area contributed by atoms with Crippen LogP contribution in [0.1, 0.15) is 23.2 Å². The van der Waals surface area contributed by atoms with Gasteiger partial charge in [0.05, 0.1) is 11.1 Å². The van der Waals surface area contributed by atoms with Crippen molar-refractivity contribution in [2.45, 2.75) is 18.4 Å². The predicted molar refractivity (Wildman–Crippen MR) is 61.9 cm³/mol. The number of halogens is 1. The van der Waals surface area contributed by atoms with Crippen molar-refractivity contribution in [3.63, 3.8) is 0 Å². The van der Waals surface area contributed by atoms with Crippen molar-refractivity contribution >= 4 is 5.91 Å². The minimum Gasteiger partial charge on any atom is -0.335 e. The number of amides is 1. The summed E-state index contributed by atoms with van der Waals surface area (Å²) in [4.78, 5) is 13.6. The van der Waals surface area contributed by atoms with Crippen molar-refractivity contribution in [3.05, 3.63) is 35.6 Å². The van der Waals surface area contributed by atoms with Crippen LogP contribution in [0.5, 0.6) is 0 Å². The average molecular weight is 234 g/mol. The van der Waals surface area contributed by atoms with Gasteiger partial charge in [0.1, 0.15) is 5.82 Å². The highest BCUT2D eigenvalue weighted by Gasteiger charge is 2.51. The lowest BCUT2D eigenvalue weighted by molar-refractivity contribution is 0.0346. The fraction of sp³-hybridized carbons (Fsp3) is 0.462. The molecule has 1 aliphatic carbocycles. The predicted octanol–water partition coefficient (Wildman–Crippen LogP) is 1.39. The van der Waals surface area contributed by atoms with Crippen LogP contribution in [0, 0.1) is 11.7 Å². The maximum atomic E-state index is 13.4. The largest absolute Gasteiger partial charge is 0.335 e. The molecule has 0 atom stereocenters. The third-order valence-electron chi connectivity index (χ3n) is 3.75. The van der Waals surface area contributed by atoms with Crippen molar-refractivity contribution in [2.24, 2.45) is 11.7 Å². The van der Waals surface area contributed by atoms with E-state index < -0.39 is 5.82 Å². The summed E-state index contributed by atoms with van der Waals surface area (Å²) in [6.07, 6.45) is 2.33. The number of carbonyl (C=O) groups is 1. The standard InChI is InChI=1S/C13H15FN2O/c14-11-4-2-1-3-10(11)12(17)16-7-13(15,8-16)9-5-6-9/h1-4,9H,5-8,15H2. The Morgan fingerprint density at radius 1 is 1.35 bits per heavy atom. The SMILES string of the molecule is NC1(C2CC2)CN(C(=O)c2ccccc2F)C1. The summed E-state index contributed by atoms with van der Waals surface area (Å²) in [5, 5.41) is 0. The maximum absolute atomic E-state index is 13.4. The normalized spacial score (nSPS) is 22.1. The highest BCUT2D eigenvalue weighted by Crippen LogP contribution is 2.43. The Bertz CT molecular complexity index is 464. The van der Waals surface area contributed by atoms with Gasteiger partial charge in [0.25, 0.3) is 5.91 Å². The van der Waals surface area contributed by atoms with Gasteiger partial charge in [0.2, 0.25) is 0 Å². The van der Waals surface area contributed by atoms with Crippen molar-refractivity contribution in [1.29, 1.82) is 0 Å². The van der Waals surface area contributed by atoms with E-state index in [0.29, 0.717) is 19.0 Å². The summed E-state index contributed by atoms with van der Waals surface area (Å²) in [6, 6.07) is 6.08. The first kappa shape index (κ1) is 10.7. The van der Waals surface area contributed by atoms with E-state index in [4.69, 9.17) is 5.73 Å². The summed E-state index contributed by atoms with van der Waals surface area (Å²) in [7, 11) is 0. The van der Waals surface area contributed by atoms with Crippen LogP contribution >= 0.6 is 0 Å². The van der Waals surface area contributed by atoms with Gasteiger partial charge in [0, 0.05) is 13.1 Å². The van der Waals surface area contributed by atoms with E-state index in [-0.39, 0.29) is 17.0 Å². The summed E-state index contributed by atoms with van der Waals surface area (Å²) in [5.74, 6) is -0.143. The molecule has 90 valence electrons. The van der Waals surface area contributed by atoms with Gasteiger partial charge in [-0.3, -0.25) is 4.79 Å². The third kappa shape index (κ3) is 1.72. The first-order valence-corrected chi connectivity index (χ1v) is 5.93. The Balaban J connectivity index is 1.71. The molecule has 1 amide bonds. The first-order valence-electron chi connectivity index (χ1n) is 5.93. The van der Waals surface area contributed by atoms with Crippen molar-refractivity contribution in [1.82, 2.24) is 4.90 Å². The molecule has 2 fully saturated rings. The number of benzene rings is 1. The number of rotatable bonds is 2. The van der Waals surface area contributed by atoms with Crippen molar-refractivity contribution in [3.8, 4) is 0 Å². The number of likely N-dealkylation sites (tertiary alicyclic amines) is 1. The Labute approximate surface area is 99.4 Å². The van der Waals surface area contributed by atoms with Crippen molar-refractivity contribution in [2.75, 3.05) is 13.1 Å². The Hall–Kier alpha value is -1.42. The van der Waals surface area contributed by atoms with Gasteiger partial charge < -0.3 is 10.6 Å². The Morgan fingerprint density at radius 3 is 2.59 bits per heavy atom. The molecule has 1 saturated carbocycles. The summed E-state index contributed by atoms with van der Waals surface area (Å²) < 4.78 is 13.4.